The van der Waals surface area contributed by atoms with E-state index in [0.29, 0.717) is 24.4 Å². The van der Waals surface area contributed by atoms with E-state index in [0.717, 1.165) is 4.88 Å². The number of nitrogens with one attached hydrogen (secondary N) is 1. The van der Waals surface area contributed by atoms with E-state index in [1.807, 2.05) is 12.3 Å². The molecular weight excluding hydrogens is 222 g/mol. The molecule has 86 valence electrons. The second-order valence-electron chi connectivity index (χ2n) is 3.97. The Balaban J connectivity index is 2.11. The van der Waals surface area contributed by atoms with Crippen molar-refractivity contribution in [1.29, 1.82) is 0 Å². The number of thiophene rings is 1. The fraction of sp³-hybridized carbons (Fsp3) is 0.455. The molecule has 0 saturated carbocycles. The lowest BCUT2D eigenvalue weighted by Crippen LogP contribution is -2.21. The van der Waals surface area contributed by atoms with E-state index < -0.39 is 0 Å². The van der Waals surface area contributed by atoms with Crippen LogP contribution in [-0.4, -0.2) is 16.2 Å². The molecule has 0 amide bonds. The van der Waals surface area contributed by atoms with Crippen LogP contribution in [0, 0.1) is 6.92 Å². The molecule has 0 aromatic carbocycles. The molecule has 0 aliphatic rings. The maximum Gasteiger partial charge on any atom is 0.258 e. The molecule has 2 rings (SSSR count). The normalized spacial score (nSPS) is 11.2. The summed E-state index contributed by atoms with van der Waals surface area (Å²) in [6.07, 6.45) is 0. The molecule has 1 N–H and O–H groups in total. The summed E-state index contributed by atoms with van der Waals surface area (Å²) in [5.74, 6) is 1.25. The van der Waals surface area contributed by atoms with Gasteiger partial charge < -0.3 is 9.73 Å². The molecule has 2 heterocycles. The monoisotopic (exact) mass is 237 g/mol. The molecule has 4 nitrogen and oxygen atoms in total. The molecule has 5 heteroatoms. The van der Waals surface area contributed by atoms with Gasteiger partial charge in [-0.05, 0) is 23.9 Å². The summed E-state index contributed by atoms with van der Waals surface area (Å²) < 4.78 is 5.58. The number of rotatable bonds is 4. The lowest BCUT2D eigenvalue weighted by Gasteiger charge is -2.03. The van der Waals surface area contributed by atoms with Crippen LogP contribution in [0.4, 0.5) is 0 Å². The van der Waals surface area contributed by atoms with Crippen molar-refractivity contribution >= 4 is 11.3 Å². The van der Waals surface area contributed by atoms with Gasteiger partial charge in [-0.15, -0.1) is 21.5 Å². The van der Waals surface area contributed by atoms with Crippen molar-refractivity contribution in [3.63, 3.8) is 0 Å². The van der Waals surface area contributed by atoms with Crippen molar-refractivity contribution in [2.75, 3.05) is 0 Å². The average molecular weight is 237 g/mol. The van der Waals surface area contributed by atoms with Crippen LogP contribution in [0.3, 0.4) is 0 Å². The Morgan fingerprint density at radius 2 is 2.25 bits per heavy atom. The van der Waals surface area contributed by atoms with Crippen molar-refractivity contribution in [2.24, 2.45) is 0 Å². The van der Waals surface area contributed by atoms with E-state index >= 15 is 0 Å². The summed E-state index contributed by atoms with van der Waals surface area (Å²) in [6.45, 7) is 6.83. The summed E-state index contributed by atoms with van der Waals surface area (Å²) in [5.41, 5.74) is 1.18. The largest absolute Gasteiger partial charge is 0.419 e. The predicted molar refractivity (Wildman–Crippen MR) is 64.3 cm³/mol. The molecule has 2 aromatic heterocycles. The first kappa shape index (κ1) is 11.3. The van der Waals surface area contributed by atoms with E-state index in [-0.39, 0.29) is 0 Å². The molecule has 0 unspecified atom stereocenters. The Morgan fingerprint density at radius 1 is 1.44 bits per heavy atom. The standard InChI is InChI=1S/C11H15N3OS/c1-7(2)12-6-9-13-14-11(15-9)10-8(3)4-5-16-10/h4-5,7,12H,6H2,1-3H3. The van der Waals surface area contributed by atoms with Crippen LogP contribution in [-0.2, 0) is 6.54 Å². The molecule has 0 atom stereocenters. The van der Waals surface area contributed by atoms with Gasteiger partial charge in [-0.2, -0.15) is 0 Å². The minimum atomic E-state index is 0.416. The quantitative estimate of drug-likeness (QED) is 0.888. The van der Waals surface area contributed by atoms with Crippen LogP contribution in [0.5, 0.6) is 0 Å². The van der Waals surface area contributed by atoms with E-state index in [1.165, 1.54) is 5.56 Å². The molecule has 0 saturated heterocycles. The van der Waals surface area contributed by atoms with Crippen molar-refractivity contribution < 1.29 is 4.42 Å². The number of nitrogens with zero attached hydrogens (tertiary/aromatic N) is 2. The van der Waals surface area contributed by atoms with Crippen molar-refractivity contribution in [1.82, 2.24) is 15.5 Å². The predicted octanol–water partition coefficient (Wildman–Crippen LogP) is 2.60. The fourth-order valence-corrected chi connectivity index (χ4v) is 2.15. The highest BCUT2D eigenvalue weighted by molar-refractivity contribution is 7.13. The van der Waals surface area contributed by atoms with Crippen molar-refractivity contribution in [2.45, 2.75) is 33.4 Å². The first-order valence-corrected chi connectivity index (χ1v) is 6.15. The summed E-state index contributed by atoms with van der Waals surface area (Å²) in [6, 6.07) is 2.47. The van der Waals surface area contributed by atoms with Crippen LogP contribution in [0.1, 0.15) is 25.3 Å². The van der Waals surface area contributed by atoms with Gasteiger partial charge in [0.05, 0.1) is 11.4 Å². The molecular formula is C11H15N3OS. The van der Waals surface area contributed by atoms with Crippen LogP contribution in [0.15, 0.2) is 15.9 Å². The molecule has 0 bridgehead atoms. The van der Waals surface area contributed by atoms with Gasteiger partial charge in [-0.25, -0.2) is 0 Å². The zero-order chi connectivity index (χ0) is 11.5. The van der Waals surface area contributed by atoms with Crippen LogP contribution in [0.25, 0.3) is 10.8 Å². The number of aryl methyl sites for hydroxylation is 1. The molecule has 2 aromatic rings. The highest BCUT2D eigenvalue weighted by atomic mass is 32.1. The van der Waals surface area contributed by atoms with Crippen LogP contribution < -0.4 is 5.32 Å². The van der Waals surface area contributed by atoms with E-state index in [4.69, 9.17) is 4.42 Å². The lowest BCUT2D eigenvalue weighted by atomic mass is 10.3. The third-order valence-electron chi connectivity index (χ3n) is 2.18. The Kier molecular flexibility index (Phi) is 3.36. The van der Waals surface area contributed by atoms with Crippen LogP contribution in [0.2, 0.25) is 0 Å². The third-order valence-corrected chi connectivity index (χ3v) is 3.19. The van der Waals surface area contributed by atoms with Gasteiger partial charge >= 0.3 is 0 Å². The maximum absolute atomic E-state index is 5.58. The van der Waals surface area contributed by atoms with Gasteiger partial charge in [0.15, 0.2) is 0 Å². The topological polar surface area (TPSA) is 51.0 Å². The minimum absolute atomic E-state index is 0.416. The molecule has 0 spiro atoms. The Bertz CT molecular complexity index is 461. The van der Waals surface area contributed by atoms with E-state index in [2.05, 4.69) is 35.4 Å². The summed E-state index contributed by atoms with van der Waals surface area (Å²) in [5, 5.41) is 13.3. The number of hydrogen-bond acceptors (Lipinski definition) is 5. The maximum atomic E-state index is 5.58. The summed E-state index contributed by atoms with van der Waals surface area (Å²) >= 11 is 1.62. The number of hydrogen-bond donors (Lipinski definition) is 1. The molecule has 0 aliphatic carbocycles. The highest BCUT2D eigenvalue weighted by Crippen LogP contribution is 2.27. The second kappa shape index (κ2) is 4.76. The van der Waals surface area contributed by atoms with Gasteiger partial charge in [0.1, 0.15) is 0 Å². The summed E-state index contributed by atoms with van der Waals surface area (Å²) in [4.78, 5) is 1.06. The van der Waals surface area contributed by atoms with Gasteiger partial charge in [0.25, 0.3) is 5.89 Å². The Hall–Kier alpha value is -1.20. The Labute approximate surface area is 98.7 Å². The molecule has 16 heavy (non-hydrogen) atoms. The third kappa shape index (κ3) is 2.48. The zero-order valence-electron chi connectivity index (χ0n) is 9.65. The first-order valence-electron chi connectivity index (χ1n) is 5.27. The van der Waals surface area contributed by atoms with Gasteiger partial charge in [0, 0.05) is 6.04 Å². The smallest absolute Gasteiger partial charge is 0.258 e. The zero-order valence-corrected chi connectivity index (χ0v) is 10.5. The second-order valence-corrected chi connectivity index (χ2v) is 4.89. The molecule has 0 fully saturated rings. The lowest BCUT2D eigenvalue weighted by molar-refractivity contribution is 0.459. The van der Waals surface area contributed by atoms with Gasteiger partial charge in [-0.1, -0.05) is 13.8 Å². The number of aromatic nitrogens is 2. The molecule has 0 radical (unpaired) electrons. The Morgan fingerprint density at radius 3 is 2.88 bits per heavy atom. The van der Waals surface area contributed by atoms with Crippen molar-refractivity contribution in [3.05, 3.63) is 22.9 Å². The molecule has 0 aliphatic heterocycles. The summed E-state index contributed by atoms with van der Waals surface area (Å²) in [7, 11) is 0. The van der Waals surface area contributed by atoms with Gasteiger partial charge in [-0.3, -0.25) is 0 Å². The average Bonchev–Trinajstić information content (AvgIpc) is 2.83. The van der Waals surface area contributed by atoms with E-state index in [1.54, 1.807) is 11.3 Å². The van der Waals surface area contributed by atoms with Gasteiger partial charge in [0.2, 0.25) is 5.89 Å². The fourth-order valence-electron chi connectivity index (χ4n) is 1.30. The highest BCUT2D eigenvalue weighted by Gasteiger charge is 2.11. The SMILES string of the molecule is Cc1ccsc1-c1nnc(CNC(C)C)o1. The van der Waals surface area contributed by atoms with Crippen molar-refractivity contribution in [3.8, 4) is 10.8 Å². The minimum Gasteiger partial charge on any atom is -0.419 e. The first-order chi connectivity index (χ1) is 7.66. The van der Waals surface area contributed by atoms with Crippen LogP contribution >= 0.6 is 11.3 Å². The van der Waals surface area contributed by atoms with E-state index in [9.17, 15) is 0 Å².